The lowest BCUT2D eigenvalue weighted by molar-refractivity contribution is -0.129. The average Bonchev–Trinajstić information content (AvgIpc) is 3.13. The van der Waals surface area contributed by atoms with Crippen molar-refractivity contribution in [1.29, 1.82) is 0 Å². The first-order valence-electron chi connectivity index (χ1n) is 17.5. The Labute approximate surface area is 293 Å². The van der Waals surface area contributed by atoms with Crippen LogP contribution < -0.4 is 23.7 Å². The van der Waals surface area contributed by atoms with Gasteiger partial charge in [0.15, 0.2) is 0 Å². The topological polar surface area (TPSA) is 55.0 Å². The third-order valence-electron chi connectivity index (χ3n) is 9.80. The van der Waals surface area contributed by atoms with Gasteiger partial charge in [0, 0.05) is 114 Å². The van der Waals surface area contributed by atoms with Crippen molar-refractivity contribution in [2.24, 2.45) is 0 Å². The van der Waals surface area contributed by atoms with E-state index in [9.17, 15) is 4.79 Å². The summed E-state index contributed by atoms with van der Waals surface area (Å²) in [5.74, 6) is 1.74. The van der Waals surface area contributed by atoms with E-state index in [1.807, 2.05) is 17.0 Å². The van der Waals surface area contributed by atoms with Crippen molar-refractivity contribution in [3.63, 3.8) is 0 Å². The van der Waals surface area contributed by atoms with Crippen molar-refractivity contribution in [3.8, 4) is 11.5 Å². The fourth-order valence-corrected chi connectivity index (χ4v) is 8.08. The van der Waals surface area contributed by atoms with E-state index in [0.29, 0.717) is 6.16 Å². The Morgan fingerprint density at radius 2 is 0.857 bits per heavy atom. The van der Waals surface area contributed by atoms with Gasteiger partial charge in [-0.2, -0.15) is 0 Å². The SMILES string of the molecule is C=C(C)N1CCN(c2ccc(CP(Oc3ccc(N4CCN(C(=C)C)CC4)cc3)Oc3ccc(N4CCN(C(C)=O)CC4)cc3)cc2)CC1. The Bertz CT molecular complexity index is 1370. The smallest absolute Gasteiger partial charge is 0.295 e. The second-order valence-electron chi connectivity index (χ2n) is 13.2. The number of rotatable bonds is 11. The molecule has 0 aromatic heterocycles. The maximum Gasteiger partial charge on any atom is 0.295 e. The van der Waals surface area contributed by atoms with E-state index >= 15 is 0 Å². The number of benzene rings is 3. The highest BCUT2D eigenvalue weighted by molar-refractivity contribution is 7.47. The van der Waals surface area contributed by atoms with E-state index in [1.165, 1.54) is 16.9 Å². The predicted molar refractivity (Wildman–Crippen MR) is 203 cm³/mol. The van der Waals surface area contributed by atoms with Gasteiger partial charge in [-0.3, -0.25) is 4.79 Å². The zero-order chi connectivity index (χ0) is 34.3. The number of piperazine rings is 3. The lowest BCUT2D eigenvalue weighted by atomic mass is 10.2. The molecule has 3 aromatic rings. The third kappa shape index (κ3) is 9.01. The Kier molecular flexibility index (Phi) is 11.2. The number of anilines is 3. The highest BCUT2D eigenvalue weighted by atomic mass is 31.2. The lowest BCUT2D eigenvalue weighted by Crippen LogP contribution is -2.48. The molecule has 0 saturated carbocycles. The van der Waals surface area contributed by atoms with Crippen molar-refractivity contribution in [1.82, 2.24) is 14.7 Å². The van der Waals surface area contributed by atoms with E-state index in [0.717, 1.165) is 107 Å². The zero-order valence-electron chi connectivity index (χ0n) is 29.4. The molecule has 0 aliphatic carbocycles. The van der Waals surface area contributed by atoms with Crippen LogP contribution in [0.2, 0.25) is 0 Å². The van der Waals surface area contributed by atoms with Crippen LogP contribution in [-0.4, -0.2) is 99.1 Å². The Balaban J connectivity index is 1.12. The second-order valence-corrected chi connectivity index (χ2v) is 14.6. The normalized spacial score (nSPS) is 17.5. The summed E-state index contributed by atoms with van der Waals surface area (Å²) >= 11 is 0. The van der Waals surface area contributed by atoms with Gasteiger partial charge in [-0.1, -0.05) is 25.3 Å². The minimum atomic E-state index is -1.32. The largest absolute Gasteiger partial charge is 0.438 e. The van der Waals surface area contributed by atoms with Gasteiger partial charge in [0.1, 0.15) is 11.5 Å². The van der Waals surface area contributed by atoms with Crippen molar-refractivity contribution < 1.29 is 13.8 Å². The van der Waals surface area contributed by atoms with E-state index in [2.05, 4.69) is 112 Å². The summed E-state index contributed by atoms with van der Waals surface area (Å²) in [6.07, 6.45) is 0.665. The van der Waals surface area contributed by atoms with Crippen LogP contribution in [0.25, 0.3) is 0 Å². The van der Waals surface area contributed by atoms with Crippen LogP contribution >= 0.6 is 8.38 Å². The molecule has 1 unspecified atom stereocenters. The third-order valence-corrected chi connectivity index (χ3v) is 11.2. The van der Waals surface area contributed by atoms with E-state index in [1.54, 1.807) is 6.92 Å². The molecule has 3 heterocycles. The fraction of sp³-hybridized carbons (Fsp3) is 0.410. The van der Waals surface area contributed by atoms with Crippen LogP contribution in [0.1, 0.15) is 26.3 Å². The molecule has 3 fully saturated rings. The molecule has 1 atom stereocenters. The van der Waals surface area contributed by atoms with Crippen LogP contribution in [0, 0.1) is 0 Å². The maximum atomic E-state index is 11.8. The number of nitrogens with zero attached hydrogens (tertiary/aromatic N) is 6. The van der Waals surface area contributed by atoms with Crippen LogP contribution in [0.4, 0.5) is 17.1 Å². The number of carbonyl (C=O) groups is 1. The summed E-state index contributed by atoms with van der Waals surface area (Å²) in [6, 6.07) is 25.6. The van der Waals surface area contributed by atoms with Crippen LogP contribution in [0.3, 0.4) is 0 Å². The van der Waals surface area contributed by atoms with Crippen LogP contribution in [0.15, 0.2) is 97.3 Å². The minimum absolute atomic E-state index is 0.142. The number of hydrogen-bond donors (Lipinski definition) is 0. The summed E-state index contributed by atoms with van der Waals surface area (Å²) in [5.41, 5.74) is 7.05. The molecule has 0 radical (unpaired) electrons. The Morgan fingerprint density at radius 1 is 0.531 bits per heavy atom. The molecular weight excluding hydrogens is 631 g/mol. The molecular formula is C39H51N6O3P. The quantitative estimate of drug-likeness (QED) is 0.209. The summed E-state index contributed by atoms with van der Waals surface area (Å²) in [4.78, 5) is 25.5. The number of hydrogen-bond acceptors (Lipinski definition) is 8. The summed E-state index contributed by atoms with van der Waals surface area (Å²) in [5, 5.41) is 0. The summed E-state index contributed by atoms with van der Waals surface area (Å²) in [7, 11) is -1.32. The standard InChI is InChI=1S/C39H51N6O3P/c1-31(2)40-18-24-43(25-19-40)35-8-6-34(7-9-35)30-49(47-38-14-10-36(11-15-38)44-26-20-41(21-27-44)32(3)4)48-39-16-12-37(13-17-39)45-28-22-42(23-29-45)33(5)46/h6-17H,1,3,18-30H2,2,4-5H3. The molecule has 3 aliphatic heterocycles. The van der Waals surface area contributed by atoms with Gasteiger partial charge in [0.2, 0.25) is 5.91 Å². The molecule has 0 bridgehead atoms. The highest BCUT2D eigenvalue weighted by Crippen LogP contribution is 2.44. The Hall–Kier alpha value is -4.36. The van der Waals surface area contributed by atoms with Gasteiger partial charge >= 0.3 is 0 Å². The van der Waals surface area contributed by atoms with Crippen molar-refractivity contribution in [2.45, 2.75) is 26.9 Å². The van der Waals surface area contributed by atoms with Crippen molar-refractivity contribution in [3.05, 3.63) is 103 Å². The number of carbonyl (C=O) groups excluding carboxylic acids is 1. The molecule has 49 heavy (non-hydrogen) atoms. The van der Waals surface area contributed by atoms with Gasteiger partial charge in [0.05, 0.1) is 6.16 Å². The first-order chi connectivity index (χ1) is 23.7. The average molecular weight is 683 g/mol. The summed E-state index contributed by atoms with van der Waals surface area (Å²) in [6.45, 7) is 25.1. The van der Waals surface area contributed by atoms with Crippen LogP contribution in [-0.2, 0) is 11.0 Å². The first-order valence-corrected chi connectivity index (χ1v) is 18.8. The van der Waals surface area contributed by atoms with E-state index in [4.69, 9.17) is 9.05 Å². The van der Waals surface area contributed by atoms with Crippen LogP contribution in [0.5, 0.6) is 11.5 Å². The monoisotopic (exact) mass is 682 g/mol. The molecule has 260 valence electrons. The van der Waals surface area contributed by atoms with Gasteiger partial charge < -0.3 is 38.4 Å². The van der Waals surface area contributed by atoms with Crippen molar-refractivity contribution in [2.75, 3.05) is 93.2 Å². The zero-order valence-corrected chi connectivity index (χ0v) is 30.3. The number of allylic oxidation sites excluding steroid dienone is 2. The van der Waals surface area contributed by atoms with E-state index < -0.39 is 8.38 Å². The molecule has 3 saturated heterocycles. The number of amides is 1. The van der Waals surface area contributed by atoms with Gasteiger partial charge in [-0.05, 0) is 80.1 Å². The molecule has 3 aromatic carbocycles. The van der Waals surface area contributed by atoms with Gasteiger partial charge in [0.25, 0.3) is 8.38 Å². The molecule has 0 spiro atoms. The molecule has 3 aliphatic rings. The van der Waals surface area contributed by atoms with Gasteiger partial charge in [-0.15, -0.1) is 0 Å². The summed E-state index contributed by atoms with van der Waals surface area (Å²) < 4.78 is 13.2. The molecule has 10 heteroatoms. The lowest BCUT2D eigenvalue weighted by Gasteiger charge is -2.37. The highest BCUT2D eigenvalue weighted by Gasteiger charge is 2.22. The minimum Gasteiger partial charge on any atom is -0.438 e. The Morgan fingerprint density at radius 3 is 1.18 bits per heavy atom. The predicted octanol–water partition coefficient (Wildman–Crippen LogP) is 6.64. The van der Waals surface area contributed by atoms with Crippen molar-refractivity contribution >= 4 is 31.3 Å². The maximum absolute atomic E-state index is 11.8. The molecule has 0 N–H and O–H groups in total. The van der Waals surface area contributed by atoms with E-state index in [-0.39, 0.29) is 5.91 Å². The molecule has 9 nitrogen and oxygen atoms in total. The second kappa shape index (κ2) is 15.9. The first kappa shape index (κ1) is 34.5. The fourth-order valence-electron chi connectivity index (χ4n) is 6.69. The molecule has 1 amide bonds. The van der Waals surface area contributed by atoms with Gasteiger partial charge in [-0.25, -0.2) is 0 Å². The molecule has 6 rings (SSSR count).